The van der Waals surface area contributed by atoms with E-state index >= 15 is 0 Å². The van der Waals surface area contributed by atoms with E-state index in [1.807, 2.05) is 44.2 Å². The number of hydrogen-bond donors (Lipinski definition) is 1. The maximum atomic E-state index is 12.7. The van der Waals surface area contributed by atoms with Gasteiger partial charge in [0.05, 0.1) is 11.3 Å². The number of nitrogens with one attached hydrogen (secondary N) is 1. The highest BCUT2D eigenvalue weighted by atomic mass is 19.4. The zero-order valence-electron chi connectivity index (χ0n) is 23.3. The van der Waals surface area contributed by atoms with Crippen LogP contribution in [-0.2, 0) is 5.79 Å². The zero-order valence-corrected chi connectivity index (χ0v) is 23.3. The first-order valence-electron chi connectivity index (χ1n) is 13.8. The van der Waals surface area contributed by atoms with Gasteiger partial charge in [-0.15, -0.1) is 13.2 Å². The van der Waals surface area contributed by atoms with Crippen molar-refractivity contribution < 1.29 is 32.2 Å². The van der Waals surface area contributed by atoms with Gasteiger partial charge in [-0.1, -0.05) is 12.1 Å². The third-order valence-electron chi connectivity index (χ3n) is 7.98. The number of likely N-dealkylation sites (tertiary alicyclic amines) is 1. The van der Waals surface area contributed by atoms with Crippen LogP contribution in [0.1, 0.15) is 53.4 Å². The third-order valence-corrected chi connectivity index (χ3v) is 7.98. The van der Waals surface area contributed by atoms with Crippen LogP contribution >= 0.6 is 0 Å². The molecular weight excluding hydrogens is 535 g/mol. The molecule has 41 heavy (non-hydrogen) atoms. The number of pyridine rings is 1. The van der Waals surface area contributed by atoms with Crippen molar-refractivity contribution in [3.8, 4) is 17.2 Å². The number of ether oxygens (including phenoxy) is 3. The van der Waals surface area contributed by atoms with Gasteiger partial charge in [0.1, 0.15) is 5.75 Å². The van der Waals surface area contributed by atoms with Crippen molar-refractivity contribution in [1.29, 1.82) is 0 Å². The Hall–Kier alpha value is -3.79. The van der Waals surface area contributed by atoms with Crippen molar-refractivity contribution in [2.75, 3.05) is 19.6 Å². The first-order valence-corrected chi connectivity index (χ1v) is 13.8. The van der Waals surface area contributed by atoms with Crippen LogP contribution in [0, 0.1) is 19.8 Å². The Labute approximate surface area is 237 Å². The van der Waals surface area contributed by atoms with Gasteiger partial charge in [-0.05, 0) is 101 Å². The largest absolute Gasteiger partial charge is 0.573 e. The molecule has 2 aliphatic rings. The van der Waals surface area contributed by atoms with Crippen LogP contribution in [0.3, 0.4) is 0 Å². The van der Waals surface area contributed by atoms with Crippen LogP contribution in [0.15, 0.2) is 60.8 Å². The number of fused-ring (bicyclic) bond motifs is 1. The van der Waals surface area contributed by atoms with Crippen LogP contribution in [-0.4, -0.2) is 47.8 Å². The van der Waals surface area contributed by atoms with Crippen molar-refractivity contribution in [2.45, 2.75) is 58.2 Å². The van der Waals surface area contributed by atoms with Crippen molar-refractivity contribution >= 4 is 5.91 Å². The molecule has 1 saturated heterocycles. The minimum atomic E-state index is -4.77. The maximum absolute atomic E-state index is 12.7. The average molecular weight is 570 g/mol. The molecular formula is C31H34F3N3O4. The highest BCUT2D eigenvalue weighted by Gasteiger charge is 2.51. The van der Waals surface area contributed by atoms with Crippen LogP contribution in [0.25, 0.3) is 0 Å². The minimum Gasteiger partial charge on any atom is -0.444 e. The second-order valence-corrected chi connectivity index (χ2v) is 10.7. The fourth-order valence-corrected chi connectivity index (χ4v) is 5.80. The number of alkyl halides is 3. The monoisotopic (exact) mass is 569 g/mol. The van der Waals surface area contributed by atoms with Gasteiger partial charge in [0.2, 0.25) is 0 Å². The van der Waals surface area contributed by atoms with Crippen LogP contribution in [0.5, 0.6) is 17.2 Å². The molecule has 3 aromatic rings. The lowest BCUT2D eigenvalue weighted by Gasteiger charge is -2.42. The summed E-state index contributed by atoms with van der Waals surface area (Å²) in [6.07, 6.45) is -0.744. The lowest BCUT2D eigenvalue weighted by Crippen LogP contribution is -2.50. The van der Waals surface area contributed by atoms with Gasteiger partial charge in [0, 0.05) is 30.3 Å². The summed E-state index contributed by atoms with van der Waals surface area (Å²) in [6.45, 7) is 8.03. The first kappa shape index (κ1) is 28.7. The minimum absolute atomic E-state index is 0.0380. The Morgan fingerprint density at radius 1 is 1.07 bits per heavy atom. The number of rotatable bonds is 8. The summed E-state index contributed by atoms with van der Waals surface area (Å²) in [5, 5.41) is 3.03. The standard InChI is InChI=1S/C31H34F3N3O4/c1-20-12-16-35-22(3)28(20)29(38)36-17-13-21(2)37-18-14-24(15-19-37)30(40-26-6-4-5-7-27(26)41-30)23-8-10-25(11-9-23)39-31(32,33)34/h4-12,16,21,24H,13-15,17-19H2,1-3H3,(H,36,38). The Morgan fingerprint density at radius 2 is 1.71 bits per heavy atom. The molecule has 1 unspecified atom stereocenters. The molecule has 10 heteroatoms. The van der Waals surface area contributed by atoms with E-state index in [4.69, 9.17) is 9.47 Å². The molecule has 1 aromatic heterocycles. The number of aromatic nitrogens is 1. The molecule has 0 bridgehead atoms. The van der Waals surface area contributed by atoms with E-state index in [0.717, 1.165) is 37.9 Å². The van der Waals surface area contributed by atoms with Crippen molar-refractivity contribution in [3.05, 3.63) is 83.2 Å². The molecule has 0 radical (unpaired) electrons. The number of hydrogen-bond acceptors (Lipinski definition) is 6. The highest BCUT2D eigenvalue weighted by Crippen LogP contribution is 2.50. The van der Waals surface area contributed by atoms with E-state index in [2.05, 4.69) is 26.9 Å². The topological polar surface area (TPSA) is 72.9 Å². The van der Waals surface area contributed by atoms with Gasteiger partial charge >= 0.3 is 6.36 Å². The van der Waals surface area contributed by atoms with E-state index in [-0.39, 0.29) is 23.6 Å². The fraction of sp³-hybridized carbons (Fsp3) is 0.419. The molecule has 3 heterocycles. The third kappa shape index (κ3) is 6.27. The summed E-state index contributed by atoms with van der Waals surface area (Å²) in [5.74, 6) is -0.380. The average Bonchev–Trinajstić information content (AvgIpc) is 3.33. The molecule has 0 spiro atoms. The van der Waals surface area contributed by atoms with E-state index < -0.39 is 12.1 Å². The Kier molecular flexibility index (Phi) is 8.13. The Balaban J connectivity index is 1.23. The van der Waals surface area contributed by atoms with Crippen molar-refractivity contribution in [3.63, 3.8) is 0 Å². The number of benzene rings is 2. The predicted octanol–water partition coefficient (Wildman–Crippen LogP) is 6.14. The molecule has 1 amide bonds. The van der Waals surface area contributed by atoms with E-state index in [9.17, 15) is 18.0 Å². The second-order valence-electron chi connectivity index (χ2n) is 10.7. The first-order chi connectivity index (χ1) is 19.6. The lowest BCUT2D eigenvalue weighted by molar-refractivity contribution is -0.274. The molecule has 218 valence electrons. The molecule has 0 aliphatic carbocycles. The van der Waals surface area contributed by atoms with Crippen molar-refractivity contribution in [2.24, 2.45) is 5.92 Å². The van der Waals surface area contributed by atoms with E-state index in [1.54, 1.807) is 18.3 Å². The number of para-hydroxylation sites is 2. The maximum Gasteiger partial charge on any atom is 0.573 e. The quantitative estimate of drug-likeness (QED) is 0.351. The number of halogens is 3. The molecule has 1 fully saturated rings. The Bertz CT molecular complexity index is 1330. The number of piperidine rings is 1. The van der Waals surface area contributed by atoms with Crippen LogP contribution in [0.2, 0.25) is 0 Å². The van der Waals surface area contributed by atoms with Crippen molar-refractivity contribution in [1.82, 2.24) is 15.2 Å². The SMILES string of the molecule is Cc1ccnc(C)c1C(=O)NCCC(C)N1CCC(C2(c3ccc(OC(F)(F)F)cc3)Oc3ccccc3O2)CC1. The van der Waals surface area contributed by atoms with E-state index in [1.165, 1.54) is 12.1 Å². The van der Waals surface area contributed by atoms with Gasteiger partial charge in [0.15, 0.2) is 11.5 Å². The number of nitrogens with zero attached hydrogens (tertiary/aromatic N) is 2. The fourth-order valence-electron chi connectivity index (χ4n) is 5.80. The van der Waals surface area contributed by atoms with Gasteiger partial charge in [0.25, 0.3) is 11.7 Å². The molecule has 2 aromatic carbocycles. The van der Waals surface area contributed by atoms with Gasteiger partial charge in [-0.25, -0.2) is 0 Å². The summed E-state index contributed by atoms with van der Waals surface area (Å²) < 4.78 is 55.1. The highest BCUT2D eigenvalue weighted by molar-refractivity contribution is 5.96. The lowest BCUT2D eigenvalue weighted by atomic mass is 9.83. The zero-order chi connectivity index (χ0) is 29.2. The van der Waals surface area contributed by atoms with Gasteiger partial charge < -0.3 is 24.4 Å². The van der Waals surface area contributed by atoms with E-state index in [0.29, 0.717) is 34.9 Å². The molecule has 1 N–H and O–H groups in total. The number of amides is 1. The van der Waals surface area contributed by atoms with Gasteiger partial charge in [-0.3, -0.25) is 9.78 Å². The predicted molar refractivity (Wildman–Crippen MR) is 147 cm³/mol. The molecule has 5 rings (SSSR count). The smallest absolute Gasteiger partial charge is 0.444 e. The van der Waals surface area contributed by atoms with Crippen LogP contribution in [0.4, 0.5) is 13.2 Å². The molecule has 2 aliphatic heterocycles. The number of carbonyl (C=O) groups excluding carboxylic acids is 1. The summed E-state index contributed by atoms with van der Waals surface area (Å²) in [7, 11) is 0. The summed E-state index contributed by atoms with van der Waals surface area (Å²) in [6, 6.07) is 15.2. The molecule has 7 nitrogen and oxygen atoms in total. The van der Waals surface area contributed by atoms with Crippen LogP contribution < -0.4 is 19.5 Å². The second kappa shape index (κ2) is 11.6. The van der Waals surface area contributed by atoms with Gasteiger partial charge in [-0.2, -0.15) is 0 Å². The molecule has 1 atom stereocenters. The molecule has 0 saturated carbocycles. The normalized spacial score (nSPS) is 17.7. The number of carbonyl (C=O) groups is 1. The summed E-state index contributed by atoms with van der Waals surface area (Å²) in [4.78, 5) is 19.4. The summed E-state index contributed by atoms with van der Waals surface area (Å²) >= 11 is 0. The summed E-state index contributed by atoms with van der Waals surface area (Å²) in [5.41, 5.74) is 2.88. The number of aryl methyl sites for hydroxylation is 2. The Morgan fingerprint density at radius 3 is 2.29 bits per heavy atom.